The Hall–Kier alpha value is -2.29. The maximum absolute atomic E-state index is 12.5. The van der Waals surface area contributed by atoms with E-state index < -0.39 is 10.0 Å². The van der Waals surface area contributed by atoms with E-state index in [1.54, 1.807) is 30.3 Å². The van der Waals surface area contributed by atoms with E-state index in [-0.39, 0.29) is 10.8 Å². The molecule has 0 fully saturated rings. The highest BCUT2D eigenvalue weighted by Gasteiger charge is 2.17. The lowest BCUT2D eigenvalue weighted by molar-refractivity contribution is 0.340. The highest BCUT2D eigenvalue weighted by atomic mass is 35.5. The Morgan fingerprint density at radius 3 is 2.56 bits per heavy atom. The van der Waals surface area contributed by atoms with E-state index >= 15 is 0 Å². The van der Waals surface area contributed by atoms with Gasteiger partial charge in [0.2, 0.25) is 0 Å². The summed E-state index contributed by atoms with van der Waals surface area (Å²) in [4.78, 5) is 4.07. The molecule has 27 heavy (non-hydrogen) atoms. The first kappa shape index (κ1) is 19.5. The number of ether oxygens (including phenoxy) is 1. The van der Waals surface area contributed by atoms with Crippen molar-refractivity contribution in [3.63, 3.8) is 0 Å². The number of hydrogen-bond acceptors (Lipinski definition) is 5. The average Bonchev–Trinajstić information content (AvgIpc) is 3.04. The zero-order valence-electron chi connectivity index (χ0n) is 14.3. The van der Waals surface area contributed by atoms with Gasteiger partial charge in [-0.15, -0.1) is 5.10 Å². The fourth-order valence-corrected chi connectivity index (χ4v) is 3.72. The zero-order valence-corrected chi connectivity index (χ0v) is 16.6. The molecule has 2 aromatic carbocycles. The average molecular weight is 427 g/mol. The molecule has 0 radical (unpaired) electrons. The smallest absolute Gasteiger partial charge is 0.264 e. The lowest BCUT2D eigenvalue weighted by atomic mass is 10.2. The molecule has 1 N–H and O–H groups in total. The molecule has 0 aliphatic heterocycles. The first-order chi connectivity index (χ1) is 12.9. The van der Waals surface area contributed by atoms with Gasteiger partial charge in [-0.05, 0) is 48.9 Å². The molecule has 0 saturated carbocycles. The minimum Gasteiger partial charge on any atom is -0.494 e. The second-order valence-electron chi connectivity index (χ2n) is 5.51. The maximum Gasteiger partial charge on any atom is 0.264 e. The number of aromatic nitrogens is 3. The molecule has 0 bridgehead atoms. The third-order valence-electron chi connectivity index (χ3n) is 3.55. The van der Waals surface area contributed by atoms with Crippen LogP contribution in [0.3, 0.4) is 0 Å². The first-order valence-electron chi connectivity index (χ1n) is 7.96. The normalized spacial score (nSPS) is 11.4. The van der Waals surface area contributed by atoms with Gasteiger partial charge in [-0.25, -0.2) is 17.8 Å². The fraction of sp³-hybridized carbons (Fsp3) is 0.176. The van der Waals surface area contributed by atoms with Crippen LogP contribution in [0.15, 0.2) is 53.7 Å². The van der Waals surface area contributed by atoms with Gasteiger partial charge in [0.1, 0.15) is 12.1 Å². The molecular weight excluding hydrogens is 411 g/mol. The van der Waals surface area contributed by atoms with E-state index in [0.717, 1.165) is 5.56 Å². The van der Waals surface area contributed by atoms with Gasteiger partial charge in [0.05, 0.1) is 18.0 Å². The lowest BCUT2D eigenvalue weighted by Crippen LogP contribution is -2.14. The molecule has 0 aliphatic rings. The SMILES string of the molecule is CCOc1ccc(S(=O)(=O)Nc2ncn(Cc3ccc(Cl)cc3Cl)n2)cc1. The van der Waals surface area contributed by atoms with Crippen LogP contribution in [0.5, 0.6) is 5.75 Å². The molecule has 142 valence electrons. The lowest BCUT2D eigenvalue weighted by Gasteiger charge is -2.07. The molecule has 0 unspecified atom stereocenters. The fourth-order valence-electron chi connectivity index (χ4n) is 2.30. The third-order valence-corrected chi connectivity index (χ3v) is 5.49. The van der Waals surface area contributed by atoms with Crippen LogP contribution in [0.1, 0.15) is 12.5 Å². The minimum absolute atomic E-state index is 0.0334. The van der Waals surface area contributed by atoms with Gasteiger partial charge >= 0.3 is 0 Å². The predicted molar refractivity (Wildman–Crippen MR) is 104 cm³/mol. The Balaban J connectivity index is 1.72. The van der Waals surface area contributed by atoms with Crippen LogP contribution in [-0.2, 0) is 16.6 Å². The molecule has 1 heterocycles. The summed E-state index contributed by atoms with van der Waals surface area (Å²) in [6.07, 6.45) is 1.42. The van der Waals surface area contributed by atoms with Gasteiger partial charge in [0.15, 0.2) is 0 Å². The minimum atomic E-state index is -3.81. The first-order valence-corrected chi connectivity index (χ1v) is 10.2. The number of halogens is 2. The molecule has 3 aromatic rings. The Morgan fingerprint density at radius 2 is 1.89 bits per heavy atom. The number of hydrogen-bond donors (Lipinski definition) is 1. The largest absolute Gasteiger partial charge is 0.494 e. The zero-order chi connectivity index (χ0) is 19.4. The number of nitrogens with zero attached hydrogens (tertiary/aromatic N) is 3. The Bertz CT molecular complexity index is 1040. The quantitative estimate of drug-likeness (QED) is 0.620. The van der Waals surface area contributed by atoms with Crippen molar-refractivity contribution in [2.75, 3.05) is 11.3 Å². The second kappa shape index (κ2) is 8.16. The van der Waals surface area contributed by atoms with Gasteiger partial charge in [-0.1, -0.05) is 29.3 Å². The van der Waals surface area contributed by atoms with Gasteiger partial charge in [-0.2, -0.15) is 4.98 Å². The van der Waals surface area contributed by atoms with E-state index in [4.69, 9.17) is 27.9 Å². The van der Waals surface area contributed by atoms with Crippen molar-refractivity contribution in [2.45, 2.75) is 18.4 Å². The van der Waals surface area contributed by atoms with Crippen molar-refractivity contribution in [1.82, 2.24) is 14.8 Å². The van der Waals surface area contributed by atoms with Crippen molar-refractivity contribution in [2.24, 2.45) is 0 Å². The monoisotopic (exact) mass is 426 g/mol. The summed E-state index contributed by atoms with van der Waals surface area (Å²) >= 11 is 12.0. The Morgan fingerprint density at radius 1 is 1.15 bits per heavy atom. The second-order valence-corrected chi connectivity index (χ2v) is 8.04. The number of rotatable bonds is 7. The maximum atomic E-state index is 12.5. The summed E-state index contributed by atoms with van der Waals surface area (Å²) in [5, 5.41) is 5.15. The number of sulfonamides is 1. The molecular formula is C17H16Cl2N4O3S. The topological polar surface area (TPSA) is 86.1 Å². The van der Waals surface area contributed by atoms with Gasteiger partial charge < -0.3 is 4.74 Å². The molecule has 0 amide bonds. The van der Waals surface area contributed by atoms with Crippen molar-refractivity contribution in [3.05, 3.63) is 64.4 Å². The van der Waals surface area contributed by atoms with E-state index in [0.29, 0.717) is 28.9 Å². The van der Waals surface area contributed by atoms with Gasteiger partial charge in [0, 0.05) is 10.0 Å². The van der Waals surface area contributed by atoms with Crippen molar-refractivity contribution < 1.29 is 13.2 Å². The van der Waals surface area contributed by atoms with Crippen molar-refractivity contribution in [1.29, 1.82) is 0 Å². The van der Waals surface area contributed by atoms with Crippen LogP contribution in [0.4, 0.5) is 5.95 Å². The molecule has 0 atom stereocenters. The van der Waals surface area contributed by atoms with Gasteiger partial charge in [-0.3, -0.25) is 0 Å². The standard InChI is InChI=1S/C17H16Cl2N4O3S/c1-2-26-14-5-7-15(8-6-14)27(24,25)22-17-20-11-23(21-17)10-12-3-4-13(18)9-16(12)19/h3-9,11H,2,10H2,1H3,(H,21,22). The third kappa shape index (κ3) is 4.91. The Kier molecular flexibility index (Phi) is 5.88. The van der Waals surface area contributed by atoms with E-state index in [2.05, 4.69) is 14.8 Å². The van der Waals surface area contributed by atoms with Gasteiger partial charge in [0.25, 0.3) is 16.0 Å². The molecule has 0 aliphatic carbocycles. The number of nitrogens with one attached hydrogen (secondary N) is 1. The molecule has 10 heteroatoms. The summed E-state index contributed by atoms with van der Waals surface area (Å²) in [7, 11) is -3.81. The summed E-state index contributed by atoms with van der Waals surface area (Å²) in [6.45, 7) is 2.68. The Labute approximate surface area is 166 Å². The van der Waals surface area contributed by atoms with Crippen LogP contribution in [0.25, 0.3) is 0 Å². The van der Waals surface area contributed by atoms with Crippen LogP contribution in [0, 0.1) is 0 Å². The summed E-state index contributed by atoms with van der Waals surface area (Å²) in [5.41, 5.74) is 0.784. The van der Waals surface area contributed by atoms with Crippen LogP contribution in [-0.4, -0.2) is 29.8 Å². The summed E-state index contributed by atoms with van der Waals surface area (Å²) in [6, 6.07) is 11.2. The summed E-state index contributed by atoms with van der Waals surface area (Å²) < 4.78 is 34.0. The van der Waals surface area contributed by atoms with E-state index in [1.807, 2.05) is 6.92 Å². The molecule has 0 spiro atoms. The van der Waals surface area contributed by atoms with Crippen molar-refractivity contribution >= 4 is 39.2 Å². The molecule has 0 saturated heterocycles. The predicted octanol–water partition coefficient (Wildman–Crippen LogP) is 3.83. The highest BCUT2D eigenvalue weighted by molar-refractivity contribution is 7.92. The van der Waals surface area contributed by atoms with E-state index in [1.165, 1.54) is 23.1 Å². The van der Waals surface area contributed by atoms with Crippen molar-refractivity contribution in [3.8, 4) is 5.75 Å². The molecule has 1 aromatic heterocycles. The van der Waals surface area contributed by atoms with E-state index in [9.17, 15) is 8.42 Å². The van der Waals surface area contributed by atoms with Crippen LogP contribution >= 0.6 is 23.2 Å². The summed E-state index contributed by atoms with van der Waals surface area (Å²) in [5.74, 6) is 0.563. The molecule has 7 nitrogen and oxygen atoms in total. The molecule has 3 rings (SSSR count). The number of anilines is 1. The highest BCUT2D eigenvalue weighted by Crippen LogP contribution is 2.22. The van der Waals surface area contributed by atoms with Crippen LogP contribution < -0.4 is 9.46 Å². The van der Waals surface area contributed by atoms with Crippen LogP contribution in [0.2, 0.25) is 10.0 Å². The number of benzene rings is 2.